The van der Waals surface area contributed by atoms with E-state index in [9.17, 15) is 9.59 Å². The minimum atomic E-state index is -0.498. The molecule has 7 heteroatoms. The predicted octanol–water partition coefficient (Wildman–Crippen LogP) is 5.76. The number of hydrogen-bond acceptors (Lipinski definition) is 3. The van der Waals surface area contributed by atoms with E-state index < -0.39 is 6.04 Å². The Morgan fingerprint density at radius 1 is 0.944 bits per heavy atom. The van der Waals surface area contributed by atoms with Crippen molar-refractivity contribution in [2.75, 3.05) is 0 Å². The van der Waals surface area contributed by atoms with E-state index in [-0.39, 0.29) is 18.2 Å². The summed E-state index contributed by atoms with van der Waals surface area (Å²) >= 11 is 6.16. The van der Waals surface area contributed by atoms with Crippen LogP contribution in [0.2, 0.25) is 5.02 Å². The third-order valence-corrected chi connectivity index (χ3v) is 6.10. The maximum atomic E-state index is 12.8. The number of amides is 2. The first-order valence-electron chi connectivity index (χ1n) is 11.6. The van der Waals surface area contributed by atoms with Crippen molar-refractivity contribution in [1.82, 2.24) is 15.3 Å². The van der Waals surface area contributed by atoms with Gasteiger partial charge in [0.2, 0.25) is 5.91 Å². The lowest BCUT2D eigenvalue weighted by molar-refractivity contribution is -0.121. The quantitative estimate of drug-likeness (QED) is 0.239. The van der Waals surface area contributed by atoms with Crippen LogP contribution < -0.4 is 10.7 Å². The van der Waals surface area contributed by atoms with E-state index in [1.54, 1.807) is 30.5 Å². The van der Waals surface area contributed by atoms with Crippen LogP contribution in [-0.2, 0) is 4.79 Å². The van der Waals surface area contributed by atoms with Crippen molar-refractivity contribution in [1.29, 1.82) is 0 Å². The van der Waals surface area contributed by atoms with Crippen molar-refractivity contribution in [3.8, 4) is 5.69 Å². The molecule has 0 spiro atoms. The fraction of sp³-hybridized carbons (Fsp3) is 0.138. The molecule has 4 rings (SSSR count). The van der Waals surface area contributed by atoms with Crippen LogP contribution in [0.1, 0.15) is 45.3 Å². The second-order valence-corrected chi connectivity index (χ2v) is 8.88. The normalized spacial score (nSPS) is 11.9. The van der Waals surface area contributed by atoms with E-state index >= 15 is 0 Å². The Labute approximate surface area is 215 Å². The Morgan fingerprint density at radius 2 is 1.64 bits per heavy atom. The summed E-state index contributed by atoms with van der Waals surface area (Å²) < 4.78 is 2.08. The first-order valence-corrected chi connectivity index (χ1v) is 12.0. The Bertz CT molecular complexity index is 1380. The number of nitrogens with zero attached hydrogens (tertiary/aromatic N) is 2. The van der Waals surface area contributed by atoms with E-state index in [1.165, 1.54) is 0 Å². The fourth-order valence-electron chi connectivity index (χ4n) is 4.10. The summed E-state index contributed by atoms with van der Waals surface area (Å²) in [6.07, 6.45) is 1.67. The predicted molar refractivity (Wildman–Crippen MR) is 144 cm³/mol. The maximum absolute atomic E-state index is 12.8. The van der Waals surface area contributed by atoms with E-state index in [2.05, 4.69) is 20.4 Å². The molecule has 0 aliphatic rings. The highest BCUT2D eigenvalue weighted by Gasteiger charge is 2.19. The summed E-state index contributed by atoms with van der Waals surface area (Å²) in [5.74, 6) is -0.550. The molecule has 0 saturated heterocycles. The molecule has 0 aliphatic carbocycles. The summed E-state index contributed by atoms with van der Waals surface area (Å²) in [4.78, 5) is 25.5. The van der Waals surface area contributed by atoms with Crippen molar-refractivity contribution in [3.63, 3.8) is 0 Å². The summed E-state index contributed by atoms with van der Waals surface area (Å²) in [7, 11) is 0. The zero-order valence-corrected chi connectivity index (χ0v) is 20.9. The maximum Gasteiger partial charge on any atom is 0.251 e. The first kappa shape index (κ1) is 24.9. The Hall–Kier alpha value is -4.16. The smallest absolute Gasteiger partial charge is 0.251 e. The minimum Gasteiger partial charge on any atom is -0.345 e. The van der Waals surface area contributed by atoms with E-state index in [0.29, 0.717) is 10.6 Å². The molecule has 182 valence electrons. The average Bonchev–Trinajstić information content (AvgIpc) is 3.17. The number of aromatic nitrogens is 1. The van der Waals surface area contributed by atoms with Crippen LogP contribution in [0.3, 0.4) is 0 Å². The van der Waals surface area contributed by atoms with Gasteiger partial charge in [0.25, 0.3) is 5.91 Å². The van der Waals surface area contributed by atoms with Crippen LogP contribution in [-0.4, -0.2) is 22.6 Å². The zero-order valence-electron chi connectivity index (χ0n) is 20.1. The van der Waals surface area contributed by atoms with Gasteiger partial charge in [-0.2, -0.15) is 5.10 Å². The molecule has 0 saturated carbocycles. The molecule has 1 aromatic heterocycles. The average molecular weight is 499 g/mol. The van der Waals surface area contributed by atoms with Gasteiger partial charge in [-0.05, 0) is 55.8 Å². The SMILES string of the molecule is Cc1cc(/C=N\NC(=O)C[C@H](NC(=O)c2ccccc2)c2ccccc2)c(C)n1-c1cccc(Cl)c1. The number of carbonyl (C=O) groups is 2. The molecule has 6 nitrogen and oxygen atoms in total. The van der Waals surface area contributed by atoms with Crippen LogP contribution in [0, 0.1) is 13.8 Å². The molecule has 0 unspecified atom stereocenters. The summed E-state index contributed by atoms with van der Waals surface area (Å²) in [5.41, 5.74) is 7.81. The van der Waals surface area contributed by atoms with Crippen LogP contribution in [0.5, 0.6) is 0 Å². The molecule has 4 aromatic rings. The summed E-state index contributed by atoms with van der Waals surface area (Å²) in [6.45, 7) is 3.99. The number of halogens is 1. The third kappa shape index (κ3) is 6.09. The standard InChI is InChI=1S/C29H27ClN4O2/c1-20-16-24(21(2)34(20)26-15-9-14-25(30)17-26)19-31-33-28(35)18-27(22-10-5-3-6-11-22)32-29(36)23-12-7-4-8-13-23/h3-17,19,27H,18H2,1-2H3,(H,32,36)(H,33,35)/b31-19-/t27-/m0/s1. The van der Waals surface area contributed by atoms with E-state index in [1.807, 2.05) is 80.6 Å². The molecule has 0 bridgehead atoms. The number of benzene rings is 3. The van der Waals surface area contributed by atoms with Gasteiger partial charge in [-0.3, -0.25) is 9.59 Å². The number of hydrazone groups is 1. The molecule has 36 heavy (non-hydrogen) atoms. The molecule has 0 radical (unpaired) electrons. The molecular formula is C29H27ClN4O2. The van der Waals surface area contributed by atoms with Gasteiger partial charge in [0.1, 0.15) is 0 Å². The molecule has 3 aromatic carbocycles. The van der Waals surface area contributed by atoms with Crippen molar-refractivity contribution in [3.05, 3.63) is 124 Å². The fourth-order valence-corrected chi connectivity index (χ4v) is 4.29. The molecule has 1 atom stereocenters. The van der Waals surface area contributed by atoms with Crippen LogP contribution in [0.25, 0.3) is 5.69 Å². The van der Waals surface area contributed by atoms with Gasteiger partial charge in [-0.25, -0.2) is 5.43 Å². The number of nitrogens with one attached hydrogen (secondary N) is 2. The van der Waals surface area contributed by atoms with Gasteiger partial charge in [-0.15, -0.1) is 0 Å². The summed E-state index contributed by atoms with van der Waals surface area (Å²) in [5, 5.41) is 7.80. The number of rotatable bonds is 8. The molecular weight excluding hydrogens is 472 g/mol. The summed E-state index contributed by atoms with van der Waals surface area (Å²) in [6, 6.07) is 27.5. The minimum absolute atomic E-state index is 0.0431. The lowest BCUT2D eigenvalue weighted by Crippen LogP contribution is -2.32. The Balaban J connectivity index is 1.45. The molecule has 0 fully saturated rings. The Kier molecular flexibility index (Phi) is 7.98. The van der Waals surface area contributed by atoms with Crippen LogP contribution >= 0.6 is 11.6 Å². The molecule has 1 heterocycles. The largest absolute Gasteiger partial charge is 0.345 e. The lowest BCUT2D eigenvalue weighted by atomic mass is 10.0. The van der Waals surface area contributed by atoms with Gasteiger partial charge in [0.15, 0.2) is 0 Å². The highest BCUT2D eigenvalue weighted by Crippen LogP contribution is 2.22. The van der Waals surface area contributed by atoms with Crippen LogP contribution in [0.4, 0.5) is 0 Å². The van der Waals surface area contributed by atoms with Crippen molar-refractivity contribution < 1.29 is 9.59 Å². The van der Waals surface area contributed by atoms with E-state index in [4.69, 9.17) is 11.6 Å². The van der Waals surface area contributed by atoms with Crippen molar-refractivity contribution in [2.45, 2.75) is 26.3 Å². The third-order valence-electron chi connectivity index (χ3n) is 5.86. The topological polar surface area (TPSA) is 75.5 Å². The monoisotopic (exact) mass is 498 g/mol. The molecule has 0 aliphatic heterocycles. The second-order valence-electron chi connectivity index (χ2n) is 8.44. The highest BCUT2D eigenvalue weighted by atomic mass is 35.5. The van der Waals surface area contributed by atoms with Crippen molar-refractivity contribution in [2.24, 2.45) is 5.10 Å². The first-order chi connectivity index (χ1) is 17.4. The van der Waals surface area contributed by atoms with Gasteiger partial charge in [0, 0.05) is 33.2 Å². The number of hydrogen-bond donors (Lipinski definition) is 2. The number of carbonyl (C=O) groups excluding carboxylic acids is 2. The van der Waals surface area contributed by atoms with Gasteiger partial charge in [-0.1, -0.05) is 66.2 Å². The van der Waals surface area contributed by atoms with Crippen LogP contribution in [0.15, 0.2) is 96.1 Å². The van der Waals surface area contributed by atoms with Gasteiger partial charge < -0.3 is 9.88 Å². The lowest BCUT2D eigenvalue weighted by Gasteiger charge is -2.18. The van der Waals surface area contributed by atoms with Crippen molar-refractivity contribution >= 4 is 29.6 Å². The molecule has 2 N–H and O–H groups in total. The molecule has 2 amide bonds. The highest BCUT2D eigenvalue weighted by molar-refractivity contribution is 6.30. The Morgan fingerprint density at radius 3 is 2.33 bits per heavy atom. The zero-order chi connectivity index (χ0) is 25.5. The van der Waals surface area contributed by atoms with Gasteiger partial charge in [0.05, 0.1) is 18.7 Å². The number of aryl methyl sites for hydroxylation is 1. The van der Waals surface area contributed by atoms with Gasteiger partial charge >= 0.3 is 0 Å². The second kappa shape index (κ2) is 11.5. The van der Waals surface area contributed by atoms with E-state index in [0.717, 1.165) is 28.2 Å².